The maximum absolute atomic E-state index is 4.40. The van der Waals surface area contributed by atoms with Gasteiger partial charge in [-0.05, 0) is 37.2 Å². The summed E-state index contributed by atoms with van der Waals surface area (Å²) in [6.07, 6.45) is 5.13. The van der Waals surface area contributed by atoms with Crippen molar-refractivity contribution in [3.05, 3.63) is 50.7 Å². The molecule has 19 heavy (non-hydrogen) atoms. The molecular weight excluding hydrogens is 370 g/mol. The van der Waals surface area contributed by atoms with E-state index in [2.05, 4.69) is 67.5 Å². The predicted molar refractivity (Wildman–Crippen MR) is 85.3 cm³/mol. The van der Waals surface area contributed by atoms with Crippen LogP contribution in [-0.2, 0) is 6.54 Å². The number of hydrogen-bond donors (Lipinski definition) is 1. The van der Waals surface area contributed by atoms with Crippen molar-refractivity contribution in [2.24, 2.45) is 0 Å². The van der Waals surface area contributed by atoms with Gasteiger partial charge in [0.1, 0.15) is 0 Å². The Bertz CT molecular complexity index is 551. The van der Waals surface area contributed by atoms with E-state index in [-0.39, 0.29) is 6.04 Å². The Hall–Kier alpha value is -0.650. The Labute approximate surface area is 130 Å². The number of halogens is 2. The third kappa shape index (κ3) is 3.46. The van der Waals surface area contributed by atoms with Gasteiger partial charge in [0.2, 0.25) is 0 Å². The standard InChI is InChI=1S/C14H17Br2N3/c1-3-6-19-9-10(8-18-19)14(17-2)12-7-11(15)4-5-13(12)16/h4-5,7-9,14,17H,3,6H2,1-2H3. The Morgan fingerprint density at radius 3 is 2.84 bits per heavy atom. The zero-order valence-corrected chi connectivity index (χ0v) is 14.2. The van der Waals surface area contributed by atoms with Crippen LogP contribution < -0.4 is 5.32 Å². The lowest BCUT2D eigenvalue weighted by Gasteiger charge is -2.17. The Kier molecular flexibility index (Phi) is 5.19. The van der Waals surface area contributed by atoms with Crippen molar-refractivity contribution in [3.63, 3.8) is 0 Å². The third-order valence-corrected chi connectivity index (χ3v) is 4.21. The summed E-state index contributed by atoms with van der Waals surface area (Å²) >= 11 is 7.15. The quantitative estimate of drug-likeness (QED) is 0.837. The van der Waals surface area contributed by atoms with Crippen molar-refractivity contribution < 1.29 is 0 Å². The summed E-state index contributed by atoms with van der Waals surface area (Å²) in [4.78, 5) is 0. The molecule has 0 saturated heterocycles. The maximum atomic E-state index is 4.40. The monoisotopic (exact) mass is 385 g/mol. The molecule has 1 heterocycles. The van der Waals surface area contributed by atoms with Crippen LogP contribution in [0.5, 0.6) is 0 Å². The Morgan fingerprint density at radius 1 is 1.37 bits per heavy atom. The summed E-state index contributed by atoms with van der Waals surface area (Å²) in [6, 6.07) is 6.35. The van der Waals surface area contributed by atoms with Gasteiger partial charge >= 0.3 is 0 Å². The van der Waals surface area contributed by atoms with Gasteiger partial charge < -0.3 is 5.32 Å². The molecule has 5 heteroatoms. The second-order valence-electron chi connectivity index (χ2n) is 4.42. The molecule has 1 atom stereocenters. The van der Waals surface area contributed by atoms with Crippen LogP contribution >= 0.6 is 31.9 Å². The van der Waals surface area contributed by atoms with Gasteiger partial charge in [0.15, 0.2) is 0 Å². The first-order valence-corrected chi connectivity index (χ1v) is 7.89. The molecular formula is C14H17Br2N3. The first-order valence-electron chi connectivity index (χ1n) is 6.30. The number of benzene rings is 1. The van der Waals surface area contributed by atoms with E-state index in [1.165, 1.54) is 11.1 Å². The summed E-state index contributed by atoms with van der Waals surface area (Å²) in [5, 5.41) is 7.76. The number of rotatable bonds is 5. The van der Waals surface area contributed by atoms with Crippen LogP contribution in [0.25, 0.3) is 0 Å². The second-order valence-corrected chi connectivity index (χ2v) is 6.19. The molecule has 3 nitrogen and oxygen atoms in total. The van der Waals surface area contributed by atoms with Crippen molar-refractivity contribution in [2.45, 2.75) is 25.9 Å². The van der Waals surface area contributed by atoms with Gasteiger partial charge in [0.25, 0.3) is 0 Å². The molecule has 0 amide bonds. The van der Waals surface area contributed by atoms with Crippen LogP contribution in [0.2, 0.25) is 0 Å². The SMILES string of the molecule is CCCn1cc(C(NC)c2cc(Br)ccc2Br)cn1. The molecule has 102 valence electrons. The van der Waals surface area contributed by atoms with E-state index in [0.717, 1.165) is 21.9 Å². The molecule has 0 aliphatic rings. The molecule has 1 aromatic heterocycles. The smallest absolute Gasteiger partial charge is 0.0617 e. The fraction of sp³-hybridized carbons (Fsp3) is 0.357. The van der Waals surface area contributed by atoms with Gasteiger partial charge in [0, 0.05) is 27.3 Å². The predicted octanol–water partition coefficient (Wildman–Crippen LogP) is 4.13. The molecule has 0 fully saturated rings. The maximum Gasteiger partial charge on any atom is 0.0617 e. The van der Waals surface area contributed by atoms with E-state index >= 15 is 0 Å². The van der Waals surface area contributed by atoms with Crippen LogP contribution in [0, 0.1) is 0 Å². The van der Waals surface area contributed by atoms with Crippen LogP contribution in [0.1, 0.15) is 30.5 Å². The number of nitrogens with zero attached hydrogens (tertiary/aromatic N) is 2. The highest BCUT2D eigenvalue weighted by molar-refractivity contribution is 9.11. The summed E-state index contributed by atoms with van der Waals surface area (Å²) in [7, 11) is 1.97. The molecule has 1 N–H and O–H groups in total. The molecule has 0 aliphatic carbocycles. The summed E-state index contributed by atoms with van der Waals surface area (Å²) in [6.45, 7) is 3.11. The van der Waals surface area contributed by atoms with Crippen molar-refractivity contribution in [1.29, 1.82) is 0 Å². The minimum Gasteiger partial charge on any atom is -0.309 e. The minimum absolute atomic E-state index is 0.137. The normalized spacial score (nSPS) is 12.6. The highest BCUT2D eigenvalue weighted by Crippen LogP contribution is 2.30. The lowest BCUT2D eigenvalue weighted by molar-refractivity contribution is 0.600. The van der Waals surface area contributed by atoms with Crippen molar-refractivity contribution >= 4 is 31.9 Å². The fourth-order valence-corrected chi connectivity index (χ4v) is 2.97. The van der Waals surface area contributed by atoms with Crippen molar-refractivity contribution in [1.82, 2.24) is 15.1 Å². The molecule has 0 aliphatic heterocycles. The molecule has 0 spiro atoms. The summed E-state index contributed by atoms with van der Waals surface area (Å²) < 4.78 is 4.16. The van der Waals surface area contributed by atoms with E-state index in [1.54, 1.807) is 0 Å². The number of hydrogen-bond acceptors (Lipinski definition) is 2. The molecule has 0 radical (unpaired) electrons. The van der Waals surface area contributed by atoms with Crippen molar-refractivity contribution in [3.8, 4) is 0 Å². The highest BCUT2D eigenvalue weighted by atomic mass is 79.9. The lowest BCUT2D eigenvalue weighted by atomic mass is 10.0. The molecule has 2 aromatic rings. The average Bonchev–Trinajstić information content (AvgIpc) is 2.83. The van der Waals surface area contributed by atoms with Crippen LogP contribution in [0.3, 0.4) is 0 Å². The first-order chi connectivity index (χ1) is 9.15. The second kappa shape index (κ2) is 6.68. The summed E-state index contributed by atoms with van der Waals surface area (Å²) in [5.41, 5.74) is 2.38. The third-order valence-electron chi connectivity index (χ3n) is 3.00. The Balaban J connectivity index is 2.35. The molecule has 0 saturated carbocycles. The van der Waals surface area contributed by atoms with Gasteiger partial charge in [-0.15, -0.1) is 0 Å². The largest absolute Gasteiger partial charge is 0.309 e. The van der Waals surface area contributed by atoms with Gasteiger partial charge in [-0.1, -0.05) is 38.8 Å². The average molecular weight is 387 g/mol. The van der Waals surface area contributed by atoms with Crippen LogP contribution in [0.4, 0.5) is 0 Å². The number of nitrogens with one attached hydrogen (secondary N) is 1. The Morgan fingerprint density at radius 2 is 2.16 bits per heavy atom. The molecule has 2 rings (SSSR count). The molecule has 1 aromatic carbocycles. The first kappa shape index (κ1) is 14.8. The molecule has 0 bridgehead atoms. The van der Waals surface area contributed by atoms with E-state index in [4.69, 9.17) is 0 Å². The van der Waals surface area contributed by atoms with Gasteiger partial charge in [-0.3, -0.25) is 4.68 Å². The van der Waals surface area contributed by atoms with Gasteiger partial charge in [-0.2, -0.15) is 5.10 Å². The van der Waals surface area contributed by atoms with Crippen LogP contribution in [0.15, 0.2) is 39.5 Å². The number of aromatic nitrogens is 2. The number of aryl methyl sites for hydroxylation is 1. The highest BCUT2D eigenvalue weighted by Gasteiger charge is 2.17. The molecule has 1 unspecified atom stereocenters. The van der Waals surface area contributed by atoms with Crippen molar-refractivity contribution in [2.75, 3.05) is 7.05 Å². The zero-order valence-electron chi connectivity index (χ0n) is 11.0. The minimum atomic E-state index is 0.137. The van der Waals surface area contributed by atoms with Crippen LogP contribution in [-0.4, -0.2) is 16.8 Å². The van der Waals surface area contributed by atoms with E-state index < -0.39 is 0 Å². The van der Waals surface area contributed by atoms with Gasteiger partial charge in [-0.25, -0.2) is 0 Å². The zero-order chi connectivity index (χ0) is 13.8. The van der Waals surface area contributed by atoms with E-state index in [1.807, 2.05) is 24.0 Å². The summed E-state index contributed by atoms with van der Waals surface area (Å²) in [5.74, 6) is 0. The van der Waals surface area contributed by atoms with E-state index in [0.29, 0.717) is 0 Å². The lowest BCUT2D eigenvalue weighted by Crippen LogP contribution is -2.17. The topological polar surface area (TPSA) is 29.9 Å². The fourth-order valence-electron chi connectivity index (χ4n) is 2.12. The van der Waals surface area contributed by atoms with E-state index in [9.17, 15) is 0 Å². The van der Waals surface area contributed by atoms with Gasteiger partial charge in [0.05, 0.1) is 12.2 Å².